The van der Waals surface area contributed by atoms with Gasteiger partial charge in [-0.2, -0.15) is 0 Å². The van der Waals surface area contributed by atoms with Crippen molar-refractivity contribution in [3.05, 3.63) is 35.9 Å². The SMILES string of the molecule is CCOC(=O)[C@H]1O[C@@H]1C(=O)N[C@@H](C(C)CC)[C@H](O)c1ccccc1. The molecule has 1 amide bonds. The Labute approximate surface area is 142 Å². The molecular weight excluding hydrogens is 310 g/mol. The van der Waals surface area contributed by atoms with Crippen molar-refractivity contribution in [2.75, 3.05) is 6.61 Å². The largest absolute Gasteiger partial charge is 0.464 e. The highest BCUT2D eigenvalue weighted by atomic mass is 16.6. The van der Waals surface area contributed by atoms with Gasteiger partial charge in [-0.15, -0.1) is 0 Å². The molecule has 6 nitrogen and oxygen atoms in total. The summed E-state index contributed by atoms with van der Waals surface area (Å²) in [5.74, 6) is -0.862. The van der Waals surface area contributed by atoms with Crippen LogP contribution in [0.1, 0.15) is 38.9 Å². The van der Waals surface area contributed by atoms with Crippen molar-refractivity contribution in [2.24, 2.45) is 5.92 Å². The molecule has 1 saturated heterocycles. The third-order valence-corrected chi connectivity index (χ3v) is 4.32. The molecule has 0 radical (unpaired) electrons. The molecule has 1 aliphatic heterocycles. The average Bonchev–Trinajstić information content (AvgIpc) is 3.40. The van der Waals surface area contributed by atoms with Gasteiger partial charge >= 0.3 is 5.97 Å². The number of amides is 1. The van der Waals surface area contributed by atoms with Crippen molar-refractivity contribution in [3.8, 4) is 0 Å². The van der Waals surface area contributed by atoms with Crippen LogP contribution in [0.3, 0.4) is 0 Å². The summed E-state index contributed by atoms with van der Waals surface area (Å²) in [7, 11) is 0. The van der Waals surface area contributed by atoms with Gasteiger partial charge in [-0.3, -0.25) is 4.79 Å². The molecule has 0 bridgehead atoms. The molecule has 1 unspecified atom stereocenters. The van der Waals surface area contributed by atoms with Crippen LogP contribution < -0.4 is 5.32 Å². The number of aliphatic hydroxyl groups excluding tert-OH is 1. The third-order valence-electron chi connectivity index (χ3n) is 4.32. The number of rotatable bonds is 8. The van der Waals surface area contributed by atoms with E-state index in [1.165, 1.54) is 0 Å². The second-order valence-corrected chi connectivity index (χ2v) is 6.00. The lowest BCUT2D eigenvalue weighted by Gasteiger charge is -2.29. The van der Waals surface area contributed by atoms with Crippen molar-refractivity contribution in [1.82, 2.24) is 5.32 Å². The van der Waals surface area contributed by atoms with E-state index in [9.17, 15) is 14.7 Å². The zero-order valence-electron chi connectivity index (χ0n) is 14.3. The Morgan fingerprint density at radius 1 is 1.25 bits per heavy atom. The number of carbonyl (C=O) groups is 2. The summed E-state index contributed by atoms with van der Waals surface area (Å²) in [5, 5.41) is 13.5. The van der Waals surface area contributed by atoms with Crippen LogP contribution in [0.5, 0.6) is 0 Å². The number of carbonyl (C=O) groups excluding carboxylic acids is 2. The van der Waals surface area contributed by atoms with Gasteiger partial charge in [0, 0.05) is 0 Å². The first kappa shape index (κ1) is 18.4. The zero-order chi connectivity index (χ0) is 17.7. The number of benzene rings is 1. The molecule has 1 aromatic carbocycles. The molecule has 0 saturated carbocycles. The molecule has 5 atom stereocenters. The molecular formula is C18H25NO5. The standard InChI is InChI=1S/C18H25NO5/c1-4-11(3)13(14(20)12-9-7-6-8-10-12)19-17(21)15-16(24-15)18(22)23-5-2/h6-11,13-16,20H,4-5H2,1-3H3,(H,19,21)/t11?,13-,14+,15-,16-/m0/s1. The van der Waals surface area contributed by atoms with Gasteiger partial charge in [0.2, 0.25) is 0 Å². The lowest BCUT2D eigenvalue weighted by atomic mass is 9.90. The van der Waals surface area contributed by atoms with Crippen LogP contribution >= 0.6 is 0 Å². The van der Waals surface area contributed by atoms with Gasteiger partial charge < -0.3 is 19.9 Å². The molecule has 2 N–H and O–H groups in total. The number of epoxide rings is 1. The predicted octanol–water partition coefficient (Wildman–Crippen LogP) is 1.58. The number of hydrogen-bond donors (Lipinski definition) is 2. The highest BCUT2D eigenvalue weighted by molar-refractivity contribution is 5.92. The number of esters is 1. The van der Waals surface area contributed by atoms with E-state index in [1.54, 1.807) is 6.92 Å². The highest BCUT2D eigenvalue weighted by Gasteiger charge is 2.52. The fourth-order valence-corrected chi connectivity index (χ4v) is 2.61. The molecule has 1 heterocycles. The Kier molecular flexibility index (Phi) is 6.34. The van der Waals surface area contributed by atoms with E-state index >= 15 is 0 Å². The molecule has 1 aliphatic rings. The Morgan fingerprint density at radius 3 is 2.50 bits per heavy atom. The summed E-state index contributed by atoms with van der Waals surface area (Å²) in [4.78, 5) is 23.9. The second-order valence-electron chi connectivity index (χ2n) is 6.00. The van der Waals surface area contributed by atoms with Gasteiger partial charge in [-0.1, -0.05) is 50.6 Å². The Balaban J connectivity index is 2.02. The Morgan fingerprint density at radius 2 is 1.92 bits per heavy atom. The van der Waals surface area contributed by atoms with Crippen LogP contribution in [0.4, 0.5) is 0 Å². The molecule has 1 aromatic rings. The summed E-state index contributed by atoms with van der Waals surface area (Å²) < 4.78 is 9.97. The first-order chi connectivity index (χ1) is 11.5. The molecule has 2 rings (SSSR count). The maximum Gasteiger partial charge on any atom is 0.338 e. The topological polar surface area (TPSA) is 88.2 Å². The summed E-state index contributed by atoms with van der Waals surface area (Å²) in [6.45, 7) is 5.91. The van der Waals surface area contributed by atoms with E-state index in [0.29, 0.717) is 0 Å². The van der Waals surface area contributed by atoms with E-state index in [0.717, 1.165) is 12.0 Å². The number of aliphatic hydroxyl groups is 1. The average molecular weight is 335 g/mol. The lowest BCUT2D eigenvalue weighted by molar-refractivity contribution is -0.144. The fourth-order valence-electron chi connectivity index (χ4n) is 2.61. The van der Waals surface area contributed by atoms with Crippen molar-refractivity contribution in [1.29, 1.82) is 0 Å². The first-order valence-electron chi connectivity index (χ1n) is 8.35. The zero-order valence-corrected chi connectivity index (χ0v) is 14.3. The summed E-state index contributed by atoms with van der Waals surface area (Å²) >= 11 is 0. The van der Waals surface area contributed by atoms with Gasteiger partial charge in [0.25, 0.3) is 5.91 Å². The smallest absolute Gasteiger partial charge is 0.338 e. The minimum atomic E-state index is -0.837. The van der Waals surface area contributed by atoms with Crippen LogP contribution in [0.15, 0.2) is 30.3 Å². The number of nitrogens with one attached hydrogen (secondary N) is 1. The van der Waals surface area contributed by atoms with Crippen LogP contribution in [-0.4, -0.2) is 41.8 Å². The molecule has 132 valence electrons. The van der Waals surface area contributed by atoms with Gasteiger partial charge in [-0.25, -0.2) is 4.79 Å². The van der Waals surface area contributed by atoms with Crippen molar-refractivity contribution in [3.63, 3.8) is 0 Å². The summed E-state index contributed by atoms with van der Waals surface area (Å²) in [6.07, 6.45) is -1.71. The molecule has 0 aliphatic carbocycles. The van der Waals surface area contributed by atoms with Crippen LogP contribution in [0.25, 0.3) is 0 Å². The van der Waals surface area contributed by atoms with E-state index in [4.69, 9.17) is 9.47 Å². The van der Waals surface area contributed by atoms with Gasteiger partial charge in [0.15, 0.2) is 12.2 Å². The lowest BCUT2D eigenvalue weighted by Crippen LogP contribution is -2.46. The third kappa shape index (κ3) is 4.33. The monoisotopic (exact) mass is 335 g/mol. The fraction of sp³-hybridized carbons (Fsp3) is 0.556. The van der Waals surface area contributed by atoms with Crippen molar-refractivity contribution < 1.29 is 24.2 Å². The maximum atomic E-state index is 12.3. The van der Waals surface area contributed by atoms with Crippen molar-refractivity contribution in [2.45, 2.75) is 51.5 Å². The van der Waals surface area contributed by atoms with E-state index in [1.807, 2.05) is 44.2 Å². The van der Waals surface area contributed by atoms with Gasteiger partial charge in [-0.05, 0) is 18.4 Å². The van der Waals surface area contributed by atoms with Gasteiger partial charge in [0.05, 0.1) is 18.8 Å². The highest BCUT2D eigenvalue weighted by Crippen LogP contribution is 2.27. The predicted molar refractivity (Wildman–Crippen MR) is 88.1 cm³/mol. The van der Waals surface area contributed by atoms with E-state index in [2.05, 4.69) is 5.32 Å². The van der Waals surface area contributed by atoms with E-state index < -0.39 is 36.2 Å². The van der Waals surface area contributed by atoms with Crippen molar-refractivity contribution >= 4 is 11.9 Å². The van der Waals surface area contributed by atoms with Crippen LogP contribution in [0.2, 0.25) is 0 Å². The molecule has 6 heteroatoms. The number of ether oxygens (including phenoxy) is 2. The normalized spacial score (nSPS) is 23.0. The molecule has 24 heavy (non-hydrogen) atoms. The Bertz CT molecular complexity index is 562. The van der Waals surface area contributed by atoms with Crippen LogP contribution in [-0.2, 0) is 19.1 Å². The minimum Gasteiger partial charge on any atom is -0.464 e. The summed E-state index contributed by atoms with van der Waals surface area (Å²) in [6, 6.07) is 8.73. The molecule has 0 spiro atoms. The molecule has 0 aromatic heterocycles. The minimum absolute atomic E-state index is 0.0592. The summed E-state index contributed by atoms with van der Waals surface area (Å²) in [5.41, 5.74) is 0.738. The Hall–Kier alpha value is -1.92. The van der Waals surface area contributed by atoms with E-state index in [-0.39, 0.29) is 12.5 Å². The quantitative estimate of drug-likeness (QED) is 0.556. The first-order valence-corrected chi connectivity index (χ1v) is 8.35. The molecule has 1 fully saturated rings. The van der Waals surface area contributed by atoms with Crippen LogP contribution in [0, 0.1) is 5.92 Å². The number of hydrogen-bond acceptors (Lipinski definition) is 5. The second kappa shape index (κ2) is 8.26. The van der Waals surface area contributed by atoms with Gasteiger partial charge in [0.1, 0.15) is 0 Å². The maximum absolute atomic E-state index is 12.3.